The van der Waals surface area contributed by atoms with E-state index in [1.54, 1.807) is 42.7 Å². The highest BCUT2D eigenvalue weighted by atomic mass is 16.5. The standard InChI is InChI=1S/C30H37N5O5/c1-30(2,3)23-21(8-6-9-22(23)40-29(31)39)28(38)35-17-12-19(13-18-35)7-4-5-14-33-24-25(27(37)26(24)36)34-20-10-15-32-16-11-20/h6,8-11,15-16,19,33H,4-5,7,12-14,17-18H2,1-3H3,(H2,31,39)(H,32,34). The molecule has 2 amide bonds. The van der Waals surface area contributed by atoms with Gasteiger partial charge in [-0.1, -0.05) is 39.7 Å². The molecular formula is C30H37N5O5. The number of rotatable bonds is 10. The first-order chi connectivity index (χ1) is 19.1. The Kier molecular flexibility index (Phi) is 8.86. The predicted octanol–water partition coefficient (Wildman–Crippen LogP) is 4.31. The van der Waals surface area contributed by atoms with E-state index in [0.29, 0.717) is 59.5 Å². The van der Waals surface area contributed by atoms with E-state index in [0.717, 1.165) is 32.1 Å². The second-order valence-electron chi connectivity index (χ2n) is 11.3. The van der Waals surface area contributed by atoms with Gasteiger partial charge in [0.15, 0.2) is 0 Å². The second kappa shape index (κ2) is 12.3. The van der Waals surface area contributed by atoms with Crippen molar-refractivity contribution in [2.24, 2.45) is 11.7 Å². The maximum atomic E-state index is 13.5. The molecule has 1 aliphatic rings. The third-order valence-electron chi connectivity index (χ3n) is 7.32. The first kappa shape index (κ1) is 28.8. The Morgan fingerprint density at radius 3 is 2.35 bits per heavy atom. The lowest BCUT2D eigenvalue weighted by atomic mass is 9.82. The van der Waals surface area contributed by atoms with Crippen LogP contribution in [-0.2, 0) is 5.41 Å². The van der Waals surface area contributed by atoms with E-state index in [4.69, 9.17) is 10.5 Å². The quantitative estimate of drug-likeness (QED) is 0.252. The van der Waals surface area contributed by atoms with Crippen LogP contribution in [0, 0.1) is 5.92 Å². The van der Waals surface area contributed by atoms with Gasteiger partial charge in [-0.25, -0.2) is 4.79 Å². The smallest absolute Gasteiger partial charge is 0.409 e. The number of nitrogens with two attached hydrogens (primary N) is 1. The van der Waals surface area contributed by atoms with Crippen molar-refractivity contribution in [2.75, 3.05) is 30.3 Å². The number of carbonyl (C=O) groups is 2. The summed E-state index contributed by atoms with van der Waals surface area (Å²) in [4.78, 5) is 54.7. The molecule has 10 heteroatoms. The summed E-state index contributed by atoms with van der Waals surface area (Å²) >= 11 is 0. The minimum absolute atomic E-state index is 0.0633. The molecule has 3 aromatic rings. The molecule has 10 nitrogen and oxygen atoms in total. The Morgan fingerprint density at radius 1 is 1.02 bits per heavy atom. The van der Waals surface area contributed by atoms with E-state index >= 15 is 0 Å². The Balaban J connectivity index is 1.24. The van der Waals surface area contributed by atoms with Crippen molar-refractivity contribution in [1.82, 2.24) is 9.88 Å². The van der Waals surface area contributed by atoms with Gasteiger partial charge in [-0.05, 0) is 54.9 Å². The lowest BCUT2D eigenvalue weighted by molar-refractivity contribution is 0.0682. The van der Waals surface area contributed by atoms with Crippen LogP contribution in [-0.4, -0.2) is 41.5 Å². The van der Waals surface area contributed by atoms with E-state index in [1.807, 2.05) is 25.7 Å². The number of hydrogen-bond donors (Lipinski definition) is 3. The summed E-state index contributed by atoms with van der Waals surface area (Å²) in [6.07, 6.45) is 7.04. The molecule has 2 aromatic carbocycles. The third kappa shape index (κ3) is 6.67. The molecule has 0 aliphatic carbocycles. The lowest BCUT2D eigenvalue weighted by Gasteiger charge is -2.34. The summed E-state index contributed by atoms with van der Waals surface area (Å²) in [6, 6.07) is 8.63. The van der Waals surface area contributed by atoms with Gasteiger partial charge >= 0.3 is 6.09 Å². The Hall–Kier alpha value is -4.21. The molecule has 1 aliphatic heterocycles. The van der Waals surface area contributed by atoms with Crippen LogP contribution in [0.4, 0.5) is 21.9 Å². The van der Waals surface area contributed by atoms with Gasteiger partial charge in [0.05, 0.1) is 0 Å². The van der Waals surface area contributed by atoms with Gasteiger partial charge < -0.3 is 26.0 Å². The molecule has 4 rings (SSSR count). The molecule has 0 atom stereocenters. The van der Waals surface area contributed by atoms with Gasteiger partial charge in [0.25, 0.3) is 16.8 Å². The van der Waals surface area contributed by atoms with Crippen molar-refractivity contribution in [2.45, 2.75) is 58.3 Å². The number of benzene rings is 1. The van der Waals surface area contributed by atoms with Crippen LogP contribution in [0.25, 0.3) is 0 Å². The van der Waals surface area contributed by atoms with Gasteiger partial charge in [0.1, 0.15) is 17.1 Å². The highest BCUT2D eigenvalue weighted by Crippen LogP contribution is 2.36. The predicted molar refractivity (Wildman–Crippen MR) is 155 cm³/mol. The van der Waals surface area contributed by atoms with Gasteiger partial charge in [-0.3, -0.25) is 19.4 Å². The molecule has 40 heavy (non-hydrogen) atoms. The Morgan fingerprint density at radius 2 is 1.70 bits per heavy atom. The number of unbranched alkanes of at least 4 members (excludes halogenated alkanes) is 1. The summed E-state index contributed by atoms with van der Waals surface area (Å²) in [5, 5.41) is 6.12. The van der Waals surface area contributed by atoms with Crippen LogP contribution < -0.4 is 32.0 Å². The Bertz CT molecular complexity index is 1410. The van der Waals surface area contributed by atoms with Gasteiger partial charge in [-0.2, -0.15) is 0 Å². The fourth-order valence-corrected chi connectivity index (χ4v) is 5.30. The largest absolute Gasteiger partial charge is 0.410 e. The van der Waals surface area contributed by atoms with Crippen LogP contribution in [0.1, 0.15) is 68.8 Å². The van der Waals surface area contributed by atoms with Crippen molar-refractivity contribution in [3.8, 4) is 5.75 Å². The molecule has 0 unspecified atom stereocenters. The SMILES string of the molecule is CC(C)(C)c1c(OC(N)=O)cccc1C(=O)N1CCC(CCCCNc2c(Nc3ccncc3)c(=O)c2=O)CC1. The van der Waals surface area contributed by atoms with Gasteiger partial charge in [0, 0.05) is 48.8 Å². The number of nitrogens with one attached hydrogen (secondary N) is 2. The molecule has 0 radical (unpaired) electrons. The van der Waals surface area contributed by atoms with Gasteiger partial charge in [-0.15, -0.1) is 0 Å². The average molecular weight is 548 g/mol. The molecule has 1 fully saturated rings. The van der Waals surface area contributed by atoms with Crippen LogP contribution in [0.3, 0.4) is 0 Å². The third-order valence-corrected chi connectivity index (χ3v) is 7.32. The molecule has 0 bridgehead atoms. The number of likely N-dealkylation sites (tertiary alicyclic amines) is 1. The fourth-order valence-electron chi connectivity index (χ4n) is 5.30. The number of ether oxygens (including phenoxy) is 1. The molecule has 212 valence electrons. The maximum Gasteiger partial charge on any atom is 0.409 e. The number of anilines is 3. The molecule has 4 N–H and O–H groups in total. The van der Waals surface area contributed by atoms with Crippen LogP contribution in [0.5, 0.6) is 5.75 Å². The van der Waals surface area contributed by atoms with Crippen LogP contribution >= 0.6 is 0 Å². The Labute approximate surface area is 233 Å². The topological polar surface area (TPSA) is 144 Å². The average Bonchev–Trinajstić information content (AvgIpc) is 2.93. The minimum atomic E-state index is -0.905. The van der Waals surface area contributed by atoms with E-state index in [9.17, 15) is 19.2 Å². The van der Waals surface area contributed by atoms with E-state index in [2.05, 4.69) is 15.6 Å². The minimum Gasteiger partial charge on any atom is -0.410 e. The van der Waals surface area contributed by atoms with Crippen molar-refractivity contribution in [1.29, 1.82) is 0 Å². The van der Waals surface area contributed by atoms with Crippen molar-refractivity contribution in [3.05, 3.63) is 74.3 Å². The highest BCUT2D eigenvalue weighted by Gasteiger charge is 2.31. The first-order valence-corrected chi connectivity index (χ1v) is 13.7. The lowest BCUT2D eigenvalue weighted by Crippen LogP contribution is -2.39. The van der Waals surface area contributed by atoms with Crippen molar-refractivity contribution < 1.29 is 14.3 Å². The molecule has 2 heterocycles. The molecule has 0 saturated carbocycles. The van der Waals surface area contributed by atoms with Gasteiger partial charge in [0.2, 0.25) is 0 Å². The molecule has 0 spiro atoms. The zero-order chi connectivity index (χ0) is 28.9. The summed E-state index contributed by atoms with van der Waals surface area (Å²) in [6.45, 7) is 7.86. The van der Waals surface area contributed by atoms with Crippen LogP contribution in [0.15, 0.2) is 52.3 Å². The number of carbonyl (C=O) groups excluding carboxylic acids is 2. The number of primary amides is 1. The number of piperidine rings is 1. The monoisotopic (exact) mass is 547 g/mol. The summed E-state index contributed by atoms with van der Waals surface area (Å²) in [5.74, 6) is 0.774. The van der Waals surface area contributed by atoms with E-state index < -0.39 is 22.4 Å². The number of aromatic nitrogens is 1. The normalized spacial score (nSPS) is 14.2. The summed E-state index contributed by atoms with van der Waals surface area (Å²) < 4.78 is 5.22. The highest BCUT2D eigenvalue weighted by molar-refractivity contribution is 5.97. The second-order valence-corrected chi connectivity index (χ2v) is 11.3. The fraction of sp³-hybridized carbons (Fsp3) is 0.433. The maximum absolute atomic E-state index is 13.5. The zero-order valence-electron chi connectivity index (χ0n) is 23.3. The molecule has 1 aromatic heterocycles. The van der Waals surface area contributed by atoms with Crippen molar-refractivity contribution in [3.63, 3.8) is 0 Å². The van der Waals surface area contributed by atoms with E-state index in [-0.39, 0.29) is 5.91 Å². The number of nitrogens with zero attached hydrogens (tertiary/aromatic N) is 2. The number of pyridine rings is 1. The number of amides is 2. The summed E-state index contributed by atoms with van der Waals surface area (Å²) in [5.41, 5.74) is 6.38. The van der Waals surface area contributed by atoms with Crippen molar-refractivity contribution >= 4 is 29.1 Å². The summed E-state index contributed by atoms with van der Waals surface area (Å²) in [7, 11) is 0. The first-order valence-electron chi connectivity index (χ1n) is 13.7. The van der Waals surface area contributed by atoms with Crippen LogP contribution in [0.2, 0.25) is 0 Å². The zero-order valence-corrected chi connectivity index (χ0v) is 23.3. The molecule has 1 saturated heterocycles. The van der Waals surface area contributed by atoms with E-state index in [1.165, 1.54) is 0 Å². The number of hydrogen-bond acceptors (Lipinski definition) is 8. The molecular weight excluding hydrogens is 510 g/mol.